The summed E-state index contributed by atoms with van der Waals surface area (Å²) in [5.74, 6) is -0.362. The van der Waals surface area contributed by atoms with Crippen molar-refractivity contribution in [2.24, 2.45) is 5.73 Å². The van der Waals surface area contributed by atoms with Crippen molar-refractivity contribution < 1.29 is 18.0 Å². The molecular weight excluding hydrogens is 355 g/mol. The highest BCUT2D eigenvalue weighted by Crippen LogP contribution is 2.29. The zero-order chi connectivity index (χ0) is 19.4. The summed E-state index contributed by atoms with van der Waals surface area (Å²) in [6.07, 6.45) is -2.08. The average Bonchev–Trinajstić information content (AvgIpc) is 2.65. The number of fused-ring (bicyclic) bond motifs is 1. The van der Waals surface area contributed by atoms with Gasteiger partial charge in [0.1, 0.15) is 0 Å². The smallest absolute Gasteiger partial charge is 0.323 e. The molecule has 7 heteroatoms. The number of anilines is 1. The van der Waals surface area contributed by atoms with Gasteiger partial charge in [0.2, 0.25) is 5.91 Å². The lowest BCUT2D eigenvalue weighted by Crippen LogP contribution is -2.36. The Hall–Kier alpha value is -2.93. The third kappa shape index (κ3) is 4.83. The molecule has 0 unspecified atom stereocenters. The van der Waals surface area contributed by atoms with E-state index >= 15 is 0 Å². The van der Waals surface area contributed by atoms with Crippen molar-refractivity contribution in [2.45, 2.75) is 25.1 Å². The van der Waals surface area contributed by atoms with E-state index in [9.17, 15) is 18.0 Å². The van der Waals surface area contributed by atoms with Gasteiger partial charge in [-0.05, 0) is 42.7 Å². The number of aromatic nitrogens is 1. The standard InChI is InChI=1S/C20H18F3N3O/c21-20(22,23)15-8-5-13(6-9-15)7-10-17(24)19(27)26-16-11-14-3-1-2-4-18(14)25-12-16/h1-6,8-9,11-12,17H,7,10,24H2,(H,26,27)/t17-/m1/s1. The fourth-order valence-corrected chi connectivity index (χ4v) is 2.69. The number of nitrogens with one attached hydrogen (secondary N) is 1. The molecule has 3 aromatic rings. The van der Waals surface area contributed by atoms with Gasteiger partial charge < -0.3 is 11.1 Å². The van der Waals surface area contributed by atoms with Gasteiger partial charge in [0.15, 0.2) is 0 Å². The molecule has 140 valence electrons. The van der Waals surface area contributed by atoms with Crippen molar-refractivity contribution in [3.05, 3.63) is 71.9 Å². The number of nitrogens with zero attached hydrogens (tertiary/aromatic N) is 1. The number of pyridine rings is 1. The van der Waals surface area contributed by atoms with Crippen LogP contribution in [0.5, 0.6) is 0 Å². The number of hydrogen-bond acceptors (Lipinski definition) is 3. The van der Waals surface area contributed by atoms with Crippen molar-refractivity contribution in [1.82, 2.24) is 4.98 Å². The molecule has 3 N–H and O–H groups in total. The van der Waals surface area contributed by atoms with Gasteiger partial charge >= 0.3 is 6.18 Å². The van der Waals surface area contributed by atoms with Gasteiger partial charge in [-0.1, -0.05) is 30.3 Å². The largest absolute Gasteiger partial charge is 0.416 e. The molecule has 0 bridgehead atoms. The Morgan fingerprint density at radius 2 is 1.81 bits per heavy atom. The molecule has 27 heavy (non-hydrogen) atoms. The van der Waals surface area contributed by atoms with Crippen LogP contribution in [0.1, 0.15) is 17.5 Å². The normalized spacial score (nSPS) is 12.7. The van der Waals surface area contributed by atoms with Gasteiger partial charge in [-0.2, -0.15) is 13.2 Å². The van der Waals surface area contributed by atoms with E-state index in [1.165, 1.54) is 12.1 Å². The van der Waals surface area contributed by atoms with Crippen LogP contribution in [0.15, 0.2) is 60.8 Å². The number of hydrogen-bond donors (Lipinski definition) is 2. The maximum Gasteiger partial charge on any atom is 0.416 e. The third-order valence-electron chi connectivity index (χ3n) is 4.22. The monoisotopic (exact) mass is 373 g/mol. The quantitative estimate of drug-likeness (QED) is 0.706. The minimum absolute atomic E-state index is 0.318. The van der Waals surface area contributed by atoms with Crippen LogP contribution in [0.25, 0.3) is 10.9 Å². The molecule has 0 saturated carbocycles. The van der Waals surface area contributed by atoms with Crippen LogP contribution in [0.2, 0.25) is 0 Å². The van der Waals surface area contributed by atoms with E-state index in [1.807, 2.05) is 30.3 Å². The van der Waals surface area contributed by atoms with Crippen molar-refractivity contribution in [3.8, 4) is 0 Å². The Bertz CT molecular complexity index is 939. The van der Waals surface area contributed by atoms with Crippen LogP contribution in [0.3, 0.4) is 0 Å². The van der Waals surface area contributed by atoms with Gasteiger partial charge in [0.05, 0.1) is 29.0 Å². The van der Waals surface area contributed by atoms with E-state index in [2.05, 4.69) is 10.3 Å². The molecule has 0 saturated heterocycles. The summed E-state index contributed by atoms with van der Waals surface area (Å²) in [7, 11) is 0. The number of aryl methyl sites for hydroxylation is 1. The first-order chi connectivity index (χ1) is 12.8. The maximum atomic E-state index is 12.6. The molecule has 4 nitrogen and oxygen atoms in total. The predicted molar refractivity (Wildman–Crippen MR) is 98.1 cm³/mol. The van der Waals surface area contributed by atoms with Crippen LogP contribution < -0.4 is 11.1 Å². The van der Waals surface area contributed by atoms with Gasteiger partial charge in [-0.3, -0.25) is 9.78 Å². The second-order valence-electron chi connectivity index (χ2n) is 6.25. The molecule has 0 fully saturated rings. The average molecular weight is 373 g/mol. The number of rotatable bonds is 5. The van der Waals surface area contributed by atoms with Gasteiger partial charge in [0, 0.05) is 5.39 Å². The summed E-state index contributed by atoms with van der Waals surface area (Å²) in [5.41, 5.74) is 7.27. The first-order valence-electron chi connectivity index (χ1n) is 8.40. The van der Waals surface area contributed by atoms with Gasteiger partial charge in [-0.25, -0.2) is 0 Å². The molecule has 1 atom stereocenters. The minimum atomic E-state index is -4.36. The van der Waals surface area contributed by atoms with Crippen LogP contribution >= 0.6 is 0 Å². The topological polar surface area (TPSA) is 68.0 Å². The van der Waals surface area contributed by atoms with Crippen molar-refractivity contribution >= 4 is 22.5 Å². The lowest BCUT2D eigenvalue weighted by Gasteiger charge is -2.13. The molecule has 0 aliphatic carbocycles. The van der Waals surface area contributed by atoms with Crippen molar-refractivity contribution in [1.29, 1.82) is 0 Å². The summed E-state index contributed by atoms with van der Waals surface area (Å²) >= 11 is 0. The van der Waals surface area contributed by atoms with Crippen LogP contribution in [-0.4, -0.2) is 16.9 Å². The van der Waals surface area contributed by atoms with Crippen LogP contribution in [0, 0.1) is 0 Å². The molecule has 2 aromatic carbocycles. The number of para-hydroxylation sites is 1. The highest BCUT2D eigenvalue weighted by molar-refractivity contribution is 5.96. The van der Waals surface area contributed by atoms with E-state index in [4.69, 9.17) is 5.73 Å². The third-order valence-corrected chi connectivity index (χ3v) is 4.22. The number of halogens is 3. The molecular formula is C20H18F3N3O. The van der Waals surface area contributed by atoms with Crippen LogP contribution in [-0.2, 0) is 17.4 Å². The number of benzene rings is 2. The van der Waals surface area contributed by atoms with E-state index < -0.39 is 17.8 Å². The molecule has 1 heterocycles. The molecule has 0 spiro atoms. The lowest BCUT2D eigenvalue weighted by molar-refractivity contribution is -0.137. The molecule has 0 aliphatic heterocycles. The summed E-state index contributed by atoms with van der Waals surface area (Å²) < 4.78 is 37.7. The number of amides is 1. The summed E-state index contributed by atoms with van der Waals surface area (Å²) in [6.45, 7) is 0. The molecule has 0 aliphatic rings. The van der Waals surface area contributed by atoms with E-state index in [-0.39, 0.29) is 5.91 Å². The number of nitrogens with two attached hydrogens (primary N) is 1. The fourth-order valence-electron chi connectivity index (χ4n) is 2.69. The van der Waals surface area contributed by atoms with Crippen LogP contribution in [0.4, 0.5) is 18.9 Å². The Kier molecular flexibility index (Phi) is 5.41. The van der Waals surface area contributed by atoms with Gasteiger partial charge in [0.25, 0.3) is 0 Å². The summed E-state index contributed by atoms with van der Waals surface area (Å²) in [6, 6.07) is 13.4. The molecule has 3 rings (SSSR count). The molecule has 0 radical (unpaired) electrons. The van der Waals surface area contributed by atoms with Crippen molar-refractivity contribution in [3.63, 3.8) is 0 Å². The lowest BCUT2D eigenvalue weighted by atomic mass is 10.0. The second-order valence-corrected chi connectivity index (χ2v) is 6.25. The van der Waals surface area contributed by atoms with E-state index in [0.717, 1.165) is 23.0 Å². The first kappa shape index (κ1) is 18.8. The van der Waals surface area contributed by atoms with Crippen molar-refractivity contribution in [2.75, 3.05) is 5.32 Å². The Morgan fingerprint density at radius 1 is 1.11 bits per heavy atom. The SMILES string of the molecule is N[C@H](CCc1ccc(C(F)(F)F)cc1)C(=O)Nc1cnc2ccccc2c1. The molecule has 1 amide bonds. The van der Waals surface area contributed by atoms with E-state index in [1.54, 1.807) is 6.20 Å². The Morgan fingerprint density at radius 3 is 2.52 bits per heavy atom. The highest BCUT2D eigenvalue weighted by atomic mass is 19.4. The number of carbonyl (C=O) groups is 1. The first-order valence-corrected chi connectivity index (χ1v) is 8.40. The zero-order valence-corrected chi connectivity index (χ0v) is 14.3. The Balaban J connectivity index is 1.57. The Labute approximate surface area is 154 Å². The molecule has 1 aromatic heterocycles. The number of carbonyl (C=O) groups excluding carboxylic acids is 1. The minimum Gasteiger partial charge on any atom is -0.323 e. The predicted octanol–water partition coefficient (Wildman–Crippen LogP) is 4.15. The highest BCUT2D eigenvalue weighted by Gasteiger charge is 2.29. The summed E-state index contributed by atoms with van der Waals surface area (Å²) in [4.78, 5) is 16.5. The maximum absolute atomic E-state index is 12.6. The fraction of sp³-hybridized carbons (Fsp3) is 0.200. The van der Waals surface area contributed by atoms with E-state index in [0.29, 0.717) is 24.1 Å². The number of alkyl halides is 3. The summed E-state index contributed by atoms with van der Waals surface area (Å²) in [5, 5.41) is 3.62. The zero-order valence-electron chi connectivity index (χ0n) is 14.3. The van der Waals surface area contributed by atoms with Gasteiger partial charge in [-0.15, -0.1) is 0 Å². The second kappa shape index (κ2) is 7.75.